The second-order valence-electron chi connectivity index (χ2n) is 5.15. The number of rotatable bonds is 1. The van der Waals surface area contributed by atoms with E-state index in [1.54, 1.807) is 13.0 Å². The molecule has 2 rings (SSSR count). The van der Waals surface area contributed by atoms with Gasteiger partial charge in [0, 0.05) is 12.6 Å². The third-order valence-corrected chi connectivity index (χ3v) is 3.70. The van der Waals surface area contributed by atoms with Crippen LogP contribution in [0, 0.1) is 6.92 Å². The van der Waals surface area contributed by atoms with Gasteiger partial charge in [-0.1, -0.05) is 6.07 Å². The Labute approximate surface area is 105 Å². The molecule has 1 aromatic carbocycles. The molecular formula is C14H18F3N. The van der Waals surface area contributed by atoms with Crippen LogP contribution in [0.15, 0.2) is 18.2 Å². The number of hydrogen-bond acceptors (Lipinski definition) is 1. The van der Waals surface area contributed by atoms with Gasteiger partial charge in [0.05, 0.1) is 5.56 Å². The van der Waals surface area contributed by atoms with Crippen molar-refractivity contribution in [3.63, 3.8) is 0 Å². The smallest absolute Gasteiger partial charge is 0.314 e. The number of nitrogens with one attached hydrogen (secondary N) is 1. The maximum atomic E-state index is 12.6. The van der Waals surface area contributed by atoms with Gasteiger partial charge in [-0.15, -0.1) is 0 Å². The standard InChI is InChI=1S/C14H18F3N/c1-9-7-12(14(15,16)17)5-6-13(9)11-4-3-10(2)18-8-11/h5-7,10-11,18H,3-4,8H2,1-2H3. The van der Waals surface area contributed by atoms with Crippen LogP contribution in [-0.2, 0) is 6.18 Å². The Morgan fingerprint density at radius 2 is 1.94 bits per heavy atom. The quantitative estimate of drug-likeness (QED) is 0.805. The molecule has 0 bridgehead atoms. The van der Waals surface area contributed by atoms with Crippen LogP contribution in [0.3, 0.4) is 0 Å². The highest BCUT2D eigenvalue weighted by atomic mass is 19.4. The van der Waals surface area contributed by atoms with E-state index < -0.39 is 11.7 Å². The number of halogens is 3. The Balaban J connectivity index is 2.20. The molecule has 1 saturated heterocycles. The van der Waals surface area contributed by atoms with Crippen LogP contribution in [0.1, 0.15) is 42.4 Å². The lowest BCUT2D eigenvalue weighted by molar-refractivity contribution is -0.137. The minimum atomic E-state index is -4.25. The fraction of sp³-hybridized carbons (Fsp3) is 0.571. The zero-order valence-electron chi connectivity index (χ0n) is 10.6. The van der Waals surface area contributed by atoms with Crippen LogP contribution in [0.25, 0.3) is 0 Å². The van der Waals surface area contributed by atoms with Gasteiger partial charge in [0.25, 0.3) is 0 Å². The molecule has 1 aromatic rings. The summed E-state index contributed by atoms with van der Waals surface area (Å²) in [5.41, 5.74) is 1.23. The summed E-state index contributed by atoms with van der Waals surface area (Å²) in [4.78, 5) is 0. The van der Waals surface area contributed by atoms with Gasteiger partial charge in [-0.3, -0.25) is 0 Å². The first kappa shape index (κ1) is 13.4. The lowest BCUT2D eigenvalue weighted by Gasteiger charge is -2.29. The monoisotopic (exact) mass is 257 g/mol. The van der Waals surface area contributed by atoms with Crippen molar-refractivity contribution >= 4 is 0 Å². The first-order valence-electron chi connectivity index (χ1n) is 6.29. The minimum absolute atomic E-state index is 0.337. The molecular weight excluding hydrogens is 239 g/mol. The van der Waals surface area contributed by atoms with Gasteiger partial charge in [-0.05, 0) is 55.9 Å². The van der Waals surface area contributed by atoms with Gasteiger partial charge in [0.2, 0.25) is 0 Å². The maximum absolute atomic E-state index is 12.6. The fourth-order valence-corrected chi connectivity index (χ4v) is 2.57. The Bertz CT molecular complexity index is 418. The molecule has 0 saturated carbocycles. The summed E-state index contributed by atoms with van der Waals surface area (Å²) in [5, 5.41) is 3.38. The molecule has 0 amide bonds. The van der Waals surface area contributed by atoms with E-state index in [2.05, 4.69) is 12.2 Å². The summed E-state index contributed by atoms with van der Waals surface area (Å²) in [6.07, 6.45) is -2.13. The third kappa shape index (κ3) is 2.86. The lowest BCUT2D eigenvalue weighted by Crippen LogP contribution is -2.36. The molecule has 1 aliphatic heterocycles. The molecule has 0 aliphatic carbocycles. The molecule has 1 aliphatic rings. The van der Waals surface area contributed by atoms with E-state index in [0.717, 1.165) is 30.5 Å². The number of alkyl halides is 3. The predicted octanol–water partition coefficient (Wildman–Crippen LogP) is 3.87. The van der Waals surface area contributed by atoms with Crippen molar-refractivity contribution in [3.8, 4) is 0 Å². The first-order chi connectivity index (χ1) is 8.38. The van der Waals surface area contributed by atoms with Crippen molar-refractivity contribution in [3.05, 3.63) is 34.9 Å². The number of aryl methyl sites for hydroxylation is 1. The Morgan fingerprint density at radius 1 is 1.22 bits per heavy atom. The van der Waals surface area contributed by atoms with Gasteiger partial charge in [-0.25, -0.2) is 0 Å². The van der Waals surface area contributed by atoms with Crippen molar-refractivity contribution in [2.75, 3.05) is 6.54 Å². The summed E-state index contributed by atoms with van der Waals surface area (Å²) >= 11 is 0. The highest BCUT2D eigenvalue weighted by molar-refractivity contribution is 5.35. The van der Waals surface area contributed by atoms with E-state index in [9.17, 15) is 13.2 Å². The van der Waals surface area contributed by atoms with Gasteiger partial charge in [0.15, 0.2) is 0 Å². The van der Waals surface area contributed by atoms with Gasteiger partial charge >= 0.3 is 6.18 Å². The number of benzene rings is 1. The van der Waals surface area contributed by atoms with Crippen molar-refractivity contribution in [2.45, 2.75) is 44.8 Å². The van der Waals surface area contributed by atoms with Crippen LogP contribution in [0.5, 0.6) is 0 Å². The zero-order chi connectivity index (χ0) is 13.3. The van der Waals surface area contributed by atoms with Crippen molar-refractivity contribution < 1.29 is 13.2 Å². The maximum Gasteiger partial charge on any atom is 0.416 e. The molecule has 1 heterocycles. The van der Waals surface area contributed by atoms with E-state index in [0.29, 0.717) is 12.0 Å². The second kappa shape index (κ2) is 4.92. The summed E-state index contributed by atoms with van der Waals surface area (Å²) in [7, 11) is 0. The SMILES string of the molecule is Cc1cc(C(F)(F)F)ccc1C1CCC(C)NC1. The van der Waals surface area contributed by atoms with Crippen molar-refractivity contribution in [2.24, 2.45) is 0 Å². The van der Waals surface area contributed by atoms with E-state index >= 15 is 0 Å². The highest BCUT2D eigenvalue weighted by Gasteiger charge is 2.31. The molecule has 1 N–H and O–H groups in total. The third-order valence-electron chi connectivity index (χ3n) is 3.70. The Hall–Kier alpha value is -1.03. The zero-order valence-corrected chi connectivity index (χ0v) is 10.6. The molecule has 0 aromatic heterocycles. The lowest BCUT2D eigenvalue weighted by atomic mass is 9.86. The molecule has 1 nitrogen and oxygen atoms in total. The van der Waals surface area contributed by atoms with E-state index in [1.807, 2.05) is 0 Å². The minimum Gasteiger partial charge on any atom is -0.314 e. The van der Waals surface area contributed by atoms with E-state index in [-0.39, 0.29) is 0 Å². The summed E-state index contributed by atoms with van der Waals surface area (Å²) < 4.78 is 37.7. The van der Waals surface area contributed by atoms with Crippen LogP contribution >= 0.6 is 0 Å². The van der Waals surface area contributed by atoms with Crippen LogP contribution in [-0.4, -0.2) is 12.6 Å². The molecule has 0 radical (unpaired) electrons. The molecule has 2 unspecified atom stereocenters. The van der Waals surface area contributed by atoms with Crippen molar-refractivity contribution in [1.82, 2.24) is 5.32 Å². The van der Waals surface area contributed by atoms with Crippen molar-refractivity contribution in [1.29, 1.82) is 0 Å². The Kier molecular flexibility index (Phi) is 3.66. The topological polar surface area (TPSA) is 12.0 Å². The summed E-state index contributed by atoms with van der Waals surface area (Å²) in [6, 6.07) is 4.60. The number of hydrogen-bond donors (Lipinski definition) is 1. The van der Waals surface area contributed by atoms with Crippen LogP contribution < -0.4 is 5.32 Å². The average Bonchev–Trinajstić information content (AvgIpc) is 2.29. The molecule has 2 atom stereocenters. The molecule has 0 spiro atoms. The van der Waals surface area contributed by atoms with Crippen LogP contribution in [0.4, 0.5) is 13.2 Å². The largest absolute Gasteiger partial charge is 0.416 e. The van der Waals surface area contributed by atoms with E-state index in [1.165, 1.54) is 12.1 Å². The summed E-state index contributed by atoms with van der Waals surface area (Å²) in [5.74, 6) is 0.337. The molecule has 1 fully saturated rings. The van der Waals surface area contributed by atoms with Crippen LogP contribution in [0.2, 0.25) is 0 Å². The first-order valence-corrected chi connectivity index (χ1v) is 6.29. The molecule has 18 heavy (non-hydrogen) atoms. The second-order valence-corrected chi connectivity index (χ2v) is 5.15. The molecule has 4 heteroatoms. The van der Waals surface area contributed by atoms with Gasteiger partial charge in [-0.2, -0.15) is 13.2 Å². The average molecular weight is 257 g/mol. The van der Waals surface area contributed by atoms with E-state index in [4.69, 9.17) is 0 Å². The van der Waals surface area contributed by atoms with Gasteiger partial charge < -0.3 is 5.32 Å². The summed E-state index contributed by atoms with van der Waals surface area (Å²) in [6.45, 7) is 4.76. The normalized spacial score (nSPS) is 25.2. The predicted molar refractivity (Wildman–Crippen MR) is 65.6 cm³/mol. The van der Waals surface area contributed by atoms with Gasteiger partial charge in [0.1, 0.15) is 0 Å². The Morgan fingerprint density at radius 3 is 2.44 bits per heavy atom. The highest BCUT2D eigenvalue weighted by Crippen LogP contribution is 2.33. The number of piperidine rings is 1. The fourth-order valence-electron chi connectivity index (χ4n) is 2.57. The molecule has 100 valence electrons.